The van der Waals surface area contributed by atoms with E-state index in [9.17, 15) is 9.59 Å². The number of furan rings is 1. The van der Waals surface area contributed by atoms with Gasteiger partial charge in [0.1, 0.15) is 0 Å². The first-order valence-corrected chi connectivity index (χ1v) is 8.99. The predicted octanol–water partition coefficient (Wildman–Crippen LogP) is 4.49. The lowest BCUT2D eigenvalue weighted by Crippen LogP contribution is -2.21. The van der Waals surface area contributed by atoms with Crippen LogP contribution in [0.4, 0.5) is 17.3 Å². The Balaban J connectivity index is 1.85. The Morgan fingerprint density at radius 2 is 1.56 bits per heavy atom. The summed E-state index contributed by atoms with van der Waals surface area (Å²) in [6.45, 7) is 7.45. The third-order valence-electron chi connectivity index (χ3n) is 4.37. The molecule has 0 aliphatic heterocycles. The molecule has 1 heterocycles. The zero-order chi connectivity index (χ0) is 19.4. The quantitative estimate of drug-likeness (QED) is 0.675. The molecule has 0 radical (unpaired) electrons. The molecular formula is C21H23N3O3. The lowest BCUT2D eigenvalue weighted by Gasteiger charge is -2.21. The summed E-state index contributed by atoms with van der Waals surface area (Å²) in [5, 5.41) is 6.82. The molecule has 0 spiro atoms. The highest BCUT2D eigenvalue weighted by molar-refractivity contribution is 6.14. The number of hydrogen-bond donors (Lipinski definition) is 2. The van der Waals surface area contributed by atoms with Gasteiger partial charge in [-0.05, 0) is 44.2 Å². The second-order valence-electron chi connectivity index (χ2n) is 6.16. The summed E-state index contributed by atoms with van der Waals surface area (Å²) in [6.07, 6.45) is 0. The lowest BCUT2D eigenvalue weighted by atomic mass is 10.1. The third-order valence-corrected chi connectivity index (χ3v) is 4.37. The summed E-state index contributed by atoms with van der Waals surface area (Å²) in [7, 11) is 0. The van der Waals surface area contributed by atoms with Gasteiger partial charge in [0, 0.05) is 42.2 Å². The van der Waals surface area contributed by atoms with Crippen LogP contribution < -0.4 is 15.5 Å². The Bertz CT molecular complexity index is 956. The maximum atomic E-state index is 12.7. The Kier molecular flexibility index (Phi) is 5.45. The number of amides is 2. The van der Waals surface area contributed by atoms with Gasteiger partial charge >= 0.3 is 0 Å². The van der Waals surface area contributed by atoms with Crippen molar-refractivity contribution in [2.75, 3.05) is 28.6 Å². The molecule has 2 N–H and O–H groups in total. The largest absolute Gasteiger partial charge is 0.434 e. The van der Waals surface area contributed by atoms with Gasteiger partial charge in [-0.1, -0.05) is 18.2 Å². The number of carbonyl (C=O) groups is 2. The summed E-state index contributed by atoms with van der Waals surface area (Å²) in [5.41, 5.74) is 1.78. The average molecular weight is 365 g/mol. The van der Waals surface area contributed by atoms with Crippen LogP contribution in [0, 0.1) is 0 Å². The Morgan fingerprint density at radius 1 is 0.926 bits per heavy atom. The first-order valence-electron chi connectivity index (χ1n) is 8.99. The van der Waals surface area contributed by atoms with Crippen LogP contribution in [0.25, 0.3) is 10.8 Å². The normalized spacial score (nSPS) is 10.6. The third kappa shape index (κ3) is 3.95. The fraction of sp³-hybridized carbons (Fsp3) is 0.238. The SMILES string of the molecule is CCN(CC)c1ccc(NC(=O)c2oc(NC(C)=O)c3ccccc23)cc1. The Labute approximate surface area is 158 Å². The van der Waals surface area contributed by atoms with Crippen LogP contribution in [0.2, 0.25) is 0 Å². The first-order chi connectivity index (χ1) is 13.0. The van der Waals surface area contributed by atoms with Crippen molar-refractivity contribution >= 4 is 39.8 Å². The van der Waals surface area contributed by atoms with E-state index in [4.69, 9.17) is 4.42 Å². The minimum Gasteiger partial charge on any atom is -0.434 e. The van der Waals surface area contributed by atoms with Gasteiger partial charge in [0.25, 0.3) is 5.91 Å². The molecule has 0 fully saturated rings. The van der Waals surface area contributed by atoms with Crippen molar-refractivity contribution in [3.8, 4) is 0 Å². The van der Waals surface area contributed by atoms with E-state index in [0.717, 1.165) is 18.8 Å². The number of anilines is 3. The maximum Gasteiger partial charge on any atom is 0.292 e. The van der Waals surface area contributed by atoms with E-state index >= 15 is 0 Å². The minimum atomic E-state index is -0.363. The van der Waals surface area contributed by atoms with Crippen molar-refractivity contribution in [1.82, 2.24) is 0 Å². The molecule has 6 nitrogen and oxygen atoms in total. The van der Waals surface area contributed by atoms with Crippen LogP contribution in [0.5, 0.6) is 0 Å². The van der Waals surface area contributed by atoms with E-state index in [1.165, 1.54) is 6.92 Å². The van der Waals surface area contributed by atoms with E-state index in [-0.39, 0.29) is 23.5 Å². The molecule has 0 unspecified atom stereocenters. The van der Waals surface area contributed by atoms with Crippen LogP contribution in [-0.4, -0.2) is 24.9 Å². The van der Waals surface area contributed by atoms with Crippen molar-refractivity contribution in [1.29, 1.82) is 0 Å². The topological polar surface area (TPSA) is 74.6 Å². The fourth-order valence-electron chi connectivity index (χ4n) is 3.04. The molecule has 0 saturated heterocycles. The molecule has 2 amide bonds. The van der Waals surface area contributed by atoms with E-state index in [1.54, 1.807) is 12.1 Å². The molecule has 0 aliphatic carbocycles. The number of nitrogens with zero attached hydrogens (tertiary/aromatic N) is 1. The van der Waals surface area contributed by atoms with Gasteiger partial charge in [-0.25, -0.2) is 0 Å². The molecule has 0 bridgehead atoms. The van der Waals surface area contributed by atoms with Crippen LogP contribution in [0.15, 0.2) is 52.9 Å². The molecule has 0 atom stereocenters. The van der Waals surface area contributed by atoms with E-state index in [2.05, 4.69) is 29.4 Å². The molecular weight excluding hydrogens is 342 g/mol. The molecule has 0 aliphatic rings. The monoisotopic (exact) mass is 365 g/mol. The standard InChI is InChI=1S/C21H23N3O3/c1-4-24(5-2)16-12-10-15(11-13-16)23-20(26)19-17-8-6-7-9-18(17)21(27-19)22-14(3)25/h6-13H,4-5H2,1-3H3,(H,22,25)(H,23,26). The van der Waals surface area contributed by atoms with Crippen LogP contribution in [0.1, 0.15) is 31.3 Å². The second kappa shape index (κ2) is 7.95. The summed E-state index contributed by atoms with van der Waals surface area (Å²) in [4.78, 5) is 26.3. The predicted molar refractivity (Wildman–Crippen MR) is 108 cm³/mol. The van der Waals surface area contributed by atoms with Crippen molar-refractivity contribution in [3.05, 3.63) is 54.3 Å². The zero-order valence-electron chi connectivity index (χ0n) is 15.7. The molecule has 0 saturated carbocycles. The van der Waals surface area contributed by atoms with E-state index in [1.807, 2.05) is 36.4 Å². The van der Waals surface area contributed by atoms with Gasteiger partial charge in [-0.2, -0.15) is 0 Å². The van der Waals surface area contributed by atoms with Crippen LogP contribution >= 0.6 is 0 Å². The molecule has 3 aromatic rings. The van der Waals surface area contributed by atoms with Crippen molar-refractivity contribution in [2.24, 2.45) is 0 Å². The van der Waals surface area contributed by atoms with Gasteiger partial charge in [-0.3, -0.25) is 14.9 Å². The van der Waals surface area contributed by atoms with Gasteiger partial charge in [0.15, 0.2) is 0 Å². The lowest BCUT2D eigenvalue weighted by molar-refractivity contribution is -0.114. The number of benzene rings is 2. The highest BCUT2D eigenvalue weighted by atomic mass is 16.4. The van der Waals surface area contributed by atoms with Gasteiger partial charge < -0.3 is 14.6 Å². The van der Waals surface area contributed by atoms with Crippen LogP contribution in [-0.2, 0) is 4.79 Å². The first kappa shape index (κ1) is 18.5. The minimum absolute atomic E-state index is 0.169. The second-order valence-corrected chi connectivity index (χ2v) is 6.16. The number of hydrogen-bond acceptors (Lipinski definition) is 4. The number of rotatable bonds is 6. The van der Waals surface area contributed by atoms with Crippen molar-refractivity contribution in [2.45, 2.75) is 20.8 Å². The highest BCUT2D eigenvalue weighted by Crippen LogP contribution is 2.31. The molecule has 1 aromatic heterocycles. The number of fused-ring (bicyclic) bond motifs is 1. The van der Waals surface area contributed by atoms with Gasteiger partial charge in [0.2, 0.25) is 17.6 Å². The molecule has 140 valence electrons. The summed E-state index contributed by atoms with van der Waals surface area (Å²) in [6, 6.07) is 14.9. The molecule has 3 rings (SSSR count). The highest BCUT2D eigenvalue weighted by Gasteiger charge is 2.19. The van der Waals surface area contributed by atoms with Gasteiger partial charge in [-0.15, -0.1) is 0 Å². The fourth-order valence-corrected chi connectivity index (χ4v) is 3.04. The van der Waals surface area contributed by atoms with E-state index in [0.29, 0.717) is 16.5 Å². The molecule has 2 aromatic carbocycles. The van der Waals surface area contributed by atoms with E-state index < -0.39 is 0 Å². The zero-order valence-corrected chi connectivity index (χ0v) is 15.7. The molecule has 27 heavy (non-hydrogen) atoms. The Morgan fingerprint density at radius 3 is 2.15 bits per heavy atom. The summed E-state index contributed by atoms with van der Waals surface area (Å²) >= 11 is 0. The molecule has 6 heteroatoms. The number of carbonyl (C=O) groups excluding carboxylic acids is 2. The summed E-state index contributed by atoms with van der Waals surface area (Å²) < 4.78 is 5.65. The van der Waals surface area contributed by atoms with Crippen molar-refractivity contribution in [3.63, 3.8) is 0 Å². The average Bonchev–Trinajstić information content (AvgIpc) is 3.02. The van der Waals surface area contributed by atoms with Crippen molar-refractivity contribution < 1.29 is 14.0 Å². The Hall–Kier alpha value is -3.28. The maximum absolute atomic E-state index is 12.7. The summed E-state index contributed by atoms with van der Waals surface area (Å²) in [5.74, 6) is -0.172. The van der Waals surface area contributed by atoms with Gasteiger partial charge in [0.05, 0.1) is 0 Å². The van der Waals surface area contributed by atoms with Crippen LogP contribution in [0.3, 0.4) is 0 Å². The smallest absolute Gasteiger partial charge is 0.292 e. The number of nitrogens with one attached hydrogen (secondary N) is 2.